The Kier molecular flexibility index (Phi) is 3.31. The monoisotopic (exact) mass is 265 g/mol. The Morgan fingerprint density at radius 2 is 1.70 bits per heavy atom. The maximum absolute atomic E-state index is 3.56. The van der Waals surface area contributed by atoms with E-state index in [1.807, 2.05) is 0 Å². The molecule has 1 heterocycles. The average Bonchev–Trinajstić information content (AvgIpc) is 2.81. The van der Waals surface area contributed by atoms with Crippen LogP contribution in [0.1, 0.15) is 36.7 Å². The second-order valence-corrected chi connectivity index (χ2v) is 5.75. The van der Waals surface area contributed by atoms with Gasteiger partial charge in [-0.2, -0.15) is 0 Å². The van der Waals surface area contributed by atoms with Gasteiger partial charge in [-0.3, -0.25) is 0 Å². The van der Waals surface area contributed by atoms with Gasteiger partial charge in [-0.05, 0) is 24.6 Å². The summed E-state index contributed by atoms with van der Waals surface area (Å²) < 4.78 is 2.39. The fourth-order valence-electron chi connectivity index (χ4n) is 2.65. The molecule has 2 nitrogen and oxygen atoms in total. The first kappa shape index (κ1) is 12.9. The Labute approximate surface area is 120 Å². The average molecular weight is 265 g/mol. The van der Waals surface area contributed by atoms with Crippen LogP contribution < -0.4 is 4.57 Å². The largest absolute Gasteiger partial charge is 0.258 e. The lowest BCUT2D eigenvalue weighted by Crippen LogP contribution is -2.38. The number of imidazole rings is 1. The third kappa shape index (κ3) is 2.34. The van der Waals surface area contributed by atoms with Gasteiger partial charge in [0.2, 0.25) is 0 Å². The van der Waals surface area contributed by atoms with Gasteiger partial charge in [-0.1, -0.05) is 55.8 Å². The minimum atomic E-state index is 0.479. The first-order valence-corrected chi connectivity index (χ1v) is 7.21. The number of hydrogen-bond donors (Lipinski definition) is 1. The standard InChI is InChI=1S/C18H20N2/c1-13(2)18-19-16-6-4-5-7-17(16)20(18)12-15-10-8-14(3)9-11-15/h4-11,13H,12H2,1-3H3/p+1. The minimum absolute atomic E-state index is 0.479. The summed E-state index contributed by atoms with van der Waals surface area (Å²) in [5.74, 6) is 1.76. The highest BCUT2D eigenvalue weighted by Crippen LogP contribution is 2.16. The third-order valence-corrected chi connectivity index (χ3v) is 3.76. The van der Waals surface area contributed by atoms with Crippen molar-refractivity contribution in [2.24, 2.45) is 0 Å². The highest BCUT2D eigenvalue weighted by Gasteiger charge is 2.20. The van der Waals surface area contributed by atoms with Crippen molar-refractivity contribution in [1.29, 1.82) is 0 Å². The van der Waals surface area contributed by atoms with Crippen molar-refractivity contribution in [2.75, 3.05) is 0 Å². The van der Waals surface area contributed by atoms with Crippen molar-refractivity contribution >= 4 is 11.0 Å². The fourth-order valence-corrected chi connectivity index (χ4v) is 2.65. The maximum Gasteiger partial charge on any atom is 0.258 e. The SMILES string of the molecule is Cc1ccc(C[n+]2c(C(C)C)[nH]c3ccccc32)cc1. The zero-order valence-corrected chi connectivity index (χ0v) is 12.4. The molecule has 0 saturated carbocycles. The van der Waals surface area contributed by atoms with E-state index >= 15 is 0 Å². The molecule has 0 amide bonds. The quantitative estimate of drug-likeness (QED) is 0.692. The van der Waals surface area contributed by atoms with Gasteiger partial charge < -0.3 is 0 Å². The summed E-state index contributed by atoms with van der Waals surface area (Å²) >= 11 is 0. The normalized spacial score (nSPS) is 11.4. The molecule has 2 aromatic carbocycles. The Balaban J connectivity index is 2.09. The van der Waals surface area contributed by atoms with Crippen LogP contribution in [0.2, 0.25) is 0 Å². The second kappa shape index (κ2) is 5.12. The minimum Gasteiger partial charge on any atom is -0.241 e. The third-order valence-electron chi connectivity index (χ3n) is 3.76. The van der Waals surface area contributed by atoms with Crippen LogP contribution in [0.5, 0.6) is 0 Å². The molecule has 2 heteroatoms. The fraction of sp³-hybridized carbons (Fsp3) is 0.278. The van der Waals surface area contributed by atoms with Gasteiger partial charge in [-0.25, -0.2) is 9.55 Å². The predicted molar refractivity (Wildman–Crippen MR) is 82.9 cm³/mol. The van der Waals surface area contributed by atoms with E-state index in [9.17, 15) is 0 Å². The number of aromatic nitrogens is 2. The van der Waals surface area contributed by atoms with E-state index in [0.29, 0.717) is 5.92 Å². The maximum atomic E-state index is 3.56. The number of nitrogens with zero attached hydrogens (tertiary/aromatic N) is 1. The summed E-state index contributed by atoms with van der Waals surface area (Å²) in [6.45, 7) is 7.51. The Morgan fingerprint density at radius 3 is 2.40 bits per heavy atom. The molecule has 3 rings (SSSR count). The van der Waals surface area contributed by atoms with Crippen LogP contribution in [0.15, 0.2) is 48.5 Å². The molecule has 0 radical (unpaired) electrons. The lowest BCUT2D eigenvalue weighted by atomic mass is 10.1. The lowest BCUT2D eigenvalue weighted by molar-refractivity contribution is -0.671. The Hall–Kier alpha value is -2.09. The molecule has 1 N–H and O–H groups in total. The van der Waals surface area contributed by atoms with E-state index in [1.54, 1.807) is 0 Å². The van der Waals surface area contributed by atoms with Crippen LogP contribution in [0, 0.1) is 6.92 Å². The molecule has 102 valence electrons. The Bertz CT molecular complexity index is 721. The number of para-hydroxylation sites is 2. The number of H-pyrrole nitrogens is 1. The van der Waals surface area contributed by atoms with Gasteiger partial charge >= 0.3 is 0 Å². The van der Waals surface area contributed by atoms with Gasteiger partial charge in [0, 0.05) is 0 Å². The van der Waals surface area contributed by atoms with Crippen molar-refractivity contribution in [2.45, 2.75) is 33.2 Å². The van der Waals surface area contributed by atoms with Crippen LogP contribution in [0.3, 0.4) is 0 Å². The van der Waals surface area contributed by atoms with Gasteiger partial charge in [0.15, 0.2) is 11.0 Å². The number of rotatable bonds is 3. The molecule has 3 aromatic rings. The van der Waals surface area contributed by atoms with Gasteiger partial charge in [-0.15, -0.1) is 0 Å². The molecule has 0 aliphatic rings. The van der Waals surface area contributed by atoms with Crippen molar-refractivity contribution < 1.29 is 4.57 Å². The number of aromatic amines is 1. The van der Waals surface area contributed by atoms with E-state index < -0.39 is 0 Å². The smallest absolute Gasteiger partial charge is 0.241 e. The van der Waals surface area contributed by atoms with Crippen LogP contribution >= 0.6 is 0 Å². The zero-order chi connectivity index (χ0) is 14.1. The van der Waals surface area contributed by atoms with E-state index in [2.05, 4.69) is 78.9 Å². The zero-order valence-electron chi connectivity index (χ0n) is 12.4. The molecule has 0 spiro atoms. The summed E-state index contributed by atoms with van der Waals surface area (Å²) in [5.41, 5.74) is 5.13. The molecule has 1 aromatic heterocycles. The molecular formula is C18H21N2+. The molecule has 0 aliphatic carbocycles. The highest BCUT2D eigenvalue weighted by molar-refractivity contribution is 5.71. The van der Waals surface area contributed by atoms with E-state index in [0.717, 1.165) is 6.54 Å². The Morgan fingerprint density at radius 1 is 1.00 bits per heavy atom. The molecular weight excluding hydrogens is 244 g/mol. The number of fused-ring (bicyclic) bond motifs is 1. The highest BCUT2D eigenvalue weighted by atomic mass is 15.1. The first-order valence-electron chi connectivity index (χ1n) is 7.21. The molecule has 0 aliphatic heterocycles. The van der Waals surface area contributed by atoms with Gasteiger partial charge in [0.25, 0.3) is 5.82 Å². The van der Waals surface area contributed by atoms with E-state index in [1.165, 1.54) is 28.0 Å². The molecule has 0 bridgehead atoms. The van der Waals surface area contributed by atoms with E-state index in [4.69, 9.17) is 0 Å². The topological polar surface area (TPSA) is 19.7 Å². The molecule has 0 saturated heterocycles. The number of hydrogen-bond acceptors (Lipinski definition) is 0. The molecule has 0 atom stereocenters. The summed E-state index contributed by atoms with van der Waals surface area (Å²) in [6, 6.07) is 17.3. The number of nitrogens with one attached hydrogen (secondary N) is 1. The predicted octanol–water partition coefficient (Wildman–Crippen LogP) is 3.94. The molecule has 20 heavy (non-hydrogen) atoms. The van der Waals surface area contributed by atoms with Gasteiger partial charge in [0.1, 0.15) is 6.54 Å². The second-order valence-electron chi connectivity index (χ2n) is 5.75. The van der Waals surface area contributed by atoms with Crippen molar-refractivity contribution in [3.05, 3.63) is 65.5 Å². The van der Waals surface area contributed by atoms with Crippen LogP contribution in [-0.2, 0) is 6.54 Å². The van der Waals surface area contributed by atoms with Crippen molar-refractivity contribution in [3.63, 3.8) is 0 Å². The molecule has 0 unspecified atom stereocenters. The van der Waals surface area contributed by atoms with E-state index in [-0.39, 0.29) is 0 Å². The molecule has 0 fully saturated rings. The summed E-state index contributed by atoms with van der Waals surface area (Å²) in [5, 5.41) is 0. The summed E-state index contributed by atoms with van der Waals surface area (Å²) in [6.07, 6.45) is 0. The van der Waals surface area contributed by atoms with Crippen LogP contribution in [0.4, 0.5) is 0 Å². The summed E-state index contributed by atoms with van der Waals surface area (Å²) in [7, 11) is 0. The van der Waals surface area contributed by atoms with Crippen molar-refractivity contribution in [1.82, 2.24) is 4.98 Å². The van der Waals surface area contributed by atoms with Crippen LogP contribution in [0.25, 0.3) is 11.0 Å². The lowest BCUT2D eigenvalue weighted by Gasteiger charge is -2.05. The van der Waals surface area contributed by atoms with Gasteiger partial charge in [0.05, 0.1) is 5.92 Å². The first-order chi connectivity index (χ1) is 9.65. The van der Waals surface area contributed by atoms with Crippen molar-refractivity contribution in [3.8, 4) is 0 Å². The summed E-state index contributed by atoms with van der Waals surface area (Å²) in [4.78, 5) is 3.56. The number of benzene rings is 2. The number of aryl methyl sites for hydroxylation is 1. The van der Waals surface area contributed by atoms with Crippen LogP contribution in [-0.4, -0.2) is 4.98 Å².